The molecular weight excluding hydrogens is 268 g/mol. The number of carboxylic acid groups (broad SMARTS) is 1. The number of nitrogens with zero attached hydrogens (tertiary/aromatic N) is 1. The molecule has 2 N–H and O–H groups in total. The van der Waals surface area contributed by atoms with Crippen molar-refractivity contribution in [2.45, 2.75) is 24.2 Å². The second-order valence-corrected chi connectivity index (χ2v) is 4.90. The van der Waals surface area contributed by atoms with Gasteiger partial charge >= 0.3 is 12.0 Å². The molecule has 2 atom stereocenters. The predicted octanol–water partition coefficient (Wildman–Crippen LogP) is 0.165. The Morgan fingerprint density at radius 3 is 2.60 bits per heavy atom. The van der Waals surface area contributed by atoms with Crippen LogP contribution in [0.15, 0.2) is 0 Å². The quantitative estimate of drug-likeness (QED) is 0.705. The van der Waals surface area contributed by atoms with Crippen LogP contribution >= 0.6 is 15.9 Å². The lowest BCUT2D eigenvalue weighted by Gasteiger charge is -2.28. The lowest BCUT2D eigenvalue weighted by molar-refractivity contribution is -0.152. The Bertz CT molecular complexity index is 331. The Labute approximate surface area is 94.7 Å². The first kappa shape index (κ1) is 12.0. The zero-order valence-electron chi connectivity index (χ0n) is 8.28. The first-order chi connectivity index (χ1) is 6.80. The Kier molecular flexibility index (Phi) is 3.03. The molecule has 84 valence electrons. The van der Waals surface area contributed by atoms with Crippen LogP contribution in [0.3, 0.4) is 0 Å². The molecule has 0 aromatic rings. The van der Waals surface area contributed by atoms with Crippen molar-refractivity contribution in [3.05, 3.63) is 0 Å². The van der Waals surface area contributed by atoms with Gasteiger partial charge in [0.15, 0.2) is 5.54 Å². The van der Waals surface area contributed by atoms with Gasteiger partial charge in [-0.15, -0.1) is 0 Å². The summed E-state index contributed by atoms with van der Waals surface area (Å²) in [4.78, 5) is 34.1. The molecule has 0 aromatic carbocycles. The van der Waals surface area contributed by atoms with Crippen LogP contribution in [0.1, 0.15) is 13.8 Å². The molecule has 6 nitrogen and oxygen atoms in total. The van der Waals surface area contributed by atoms with E-state index >= 15 is 0 Å². The molecule has 0 bridgehead atoms. The number of hydrogen-bond acceptors (Lipinski definition) is 3. The minimum Gasteiger partial charge on any atom is -0.479 e. The third-order valence-electron chi connectivity index (χ3n) is 2.30. The van der Waals surface area contributed by atoms with Gasteiger partial charge in [0, 0.05) is 0 Å². The summed E-state index contributed by atoms with van der Waals surface area (Å²) in [6, 6.07) is -0.670. The molecule has 0 saturated carbocycles. The molecule has 15 heavy (non-hydrogen) atoms. The average Bonchev–Trinajstić information content (AvgIpc) is 2.43. The van der Waals surface area contributed by atoms with Crippen molar-refractivity contribution in [3.63, 3.8) is 0 Å². The second kappa shape index (κ2) is 3.80. The summed E-state index contributed by atoms with van der Waals surface area (Å²) in [5, 5.41) is 11.3. The molecular formula is C8H11BrN2O4. The van der Waals surface area contributed by atoms with Gasteiger partial charge in [-0.2, -0.15) is 0 Å². The molecule has 1 fully saturated rings. The number of carboxylic acids is 1. The summed E-state index contributed by atoms with van der Waals surface area (Å²) in [6.07, 6.45) is 0. The number of imide groups is 1. The minimum atomic E-state index is -1.50. The van der Waals surface area contributed by atoms with Crippen LogP contribution in [-0.4, -0.2) is 44.8 Å². The molecule has 0 spiro atoms. The number of aliphatic carboxylic acids is 1. The summed E-state index contributed by atoms with van der Waals surface area (Å²) in [7, 11) is 0. The van der Waals surface area contributed by atoms with Crippen molar-refractivity contribution in [2.75, 3.05) is 6.54 Å². The highest BCUT2D eigenvalue weighted by Gasteiger charge is 2.51. The number of halogens is 1. The van der Waals surface area contributed by atoms with E-state index < -0.39 is 28.3 Å². The normalized spacial score (nSPS) is 27.4. The van der Waals surface area contributed by atoms with Crippen LogP contribution in [0.25, 0.3) is 0 Å². The van der Waals surface area contributed by atoms with Gasteiger partial charge < -0.3 is 10.4 Å². The lowest BCUT2D eigenvalue weighted by Crippen LogP contribution is -2.55. The largest absolute Gasteiger partial charge is 0.479 e. The van der Waals surface area contributed by atoms with Crippen molar-refractivity contribution in [1.29, 1.82) is 0 Å². The van der Waals surface area contributed by atoms with Gasteiger partial charge in [0.05, 0.1) is 11.4 Å². The van der Waals surface area contributed by atoms with E-state index in [1.165, 1.54) is 13.8 Å². The molecule has 0 aliphatic carbocycles. The zero-order valence-corrected chi connectivity index (χ0v) is 9.87. The van der Waals surface area contributed by atoms with Gasteiger partial charge in [-0.1, -0.05) is 15.9 Å². The standard InChI is InChI=1S/C8H11BrN2O4/c1-4(9)5(12)11-7(15)10-3-8(11,2)6(13)14/h4H,3H2,1-2H3,(H,10,15)(H,13,14)/t4?,8-/m0/s1. The van der Waals surface area contributed by atoms with Crippen LogP contribution < -0.4 is 5.32 Å². The summed E-state index contributed by atoms with van der Waals surface area (Å²) >= 11 is 3.01. The Hall–Kier alpha value is -1.11. The zero-order chi connectivity index (χ0) is 11.8. The van der Waals surface area contributed by atoms with Crippen molar-refractivity contribution in [2.24, 2.45) is 0 Å². The van der Waals surface area contributed by atoms with Gasteiger partial charge in [-0.3, -0.25) is 4.79 Å². The third-order valence-corrected chi connectivity index (χ3v) is 2.69. The van der Waals surface area contributed by atoms with Gasteiger partial charge in [0.1, 0.15) is 0 Å². The Morgan fingerprint density at radius 2 is 2.20 bits per heavy atom. The van der Waals surface area contributed by atoms with E-state index in [0.717, 1.165) is 4.90 Å². The molecule has 3 amide bonds. The van der Waals surface area contributed by atoms with E-state index in [1.807, 2.05) is 0 Å². The Morgan fingerprint density at radius 1 is 1.67 bits per heavy atom. The fourth-order valence-electron chi connectivity index (χ4n) is 1.32. The number of amides is 3. The smallest absolute Gasteiger partial charge is 0.331 e. The van der Waals surface area contributed by atoms with Crippen molar-refractivity contribution < 1.29 is 19.5 Å². The first-order valence-corrected chi connectivity index (χ1v) is 5.21. The maximum atomic E-state index is 11.6. The molecule has 0 radical (unpaired) electrons. The van der Waals surface area contributed by atoms with Gasteiger partial charge in [0.25, 0.3) is 0 Å². The first-order valence-electron chi connectivity index (χ1n) is 4.30. The summed E-state index contributed by atoms with van der Waals surface area (Å²) in [6.45, 7) is 2.79. The highest BCUT2D eigenvalue weighted by molar-refractivity contribution is 9.10. The average molecular weight is 279 g/mol. The van der Waals surface area contributed by atoms with E-state index in [1.54, 1.807) is 0 Å². The summed E-state index contributed by atoms with van der Waals surface area (Å²) < 4.78 is 0. The van der Waals surface area contributed by atoms with E-state index in [9.17, 15) is 14.4 Å². The van der Waals surface area contributed by atoms with E-state index in [-0.39, 0.29) is 6.54 Å². The third kappa shape index (κ3) is 1.83. The summed E-state index contributed by atoms with van der Waals surface area (Å²) in [5.74, 6) is -1.77. The lowest BCUT2D eigenvalue weighted by atomic mass is 10.0. The van der Waals surface area contributed by atoms with Crippen LogP contribution in [0.2, 0.25) is 0 Å². The van der Waals surface area contributed by atoms with E-state index in [2.05, 4.69) is 21.2 Å². The Balaban J connectivity index is 3.07. The number of carbonyl (C=O) groups is 3. The number of urea groups is 1. The number of nitrogens with one attached hydrogen (secondary N) is 1. The van der Waals surface area contributed by atoms with Gasteiger partial charge in [-0.05, 0) is 13.8 Å². The highest BCUT2D eigenvalue weighted by Crippen LogP contribution is 2.23. The molecule has 1 aliphatic heterocycles. The van der Waals surface area contributed by atoms with Crippen molar-refractivity contribution in [1.82, 2.24) is 10.2 Å². The molecule has 0 aromatic heterocycles. The molecule has 7 heteroatoms. The number of rotatable bonds is 2. The van der Waals surface area contributed by atoms with E-state index in [0.29, 0.717) is 0 Å². The van der Waals surface area contributed by atoms with Gasteiger partial charge in [0.2, 0.25) is 5.91 Å². The number of carbonyl (C=O) groups excluding carboxylic acids is 2. The van der Waals surface area contributed by atoms with Crippen molar-refractivity contribution >= 4 is 33.8 Å². The fourth-order valence-corrected chi connectivity index (χ4v) is 1.53. The summed E-state index contributed by atoms with van der Waals surface area (Å²) in [5.41, 5.74) is -1.50. The highest BCUT2D eigenvalue weighted by atomic mass is 79.9. The van der Waals surface area contributed by atoms with Gasteiger partial charge in [-0.25, -0.2) is 14.5 Å². The maximum absolute atomic E-state index is 11.6. The van der Waals surface area contributed by atoms with Crippen LogP contribution in [0.5, 0.6) is 0 Å². The number of hydrogen-bond donors (Lipinski definition) is 2. The van der Waals surface area contributed by atoms with E-state index in [4.69, 9.17) is 5.11 Å². The fraction of sp³-hybridized carbons (Fsp3) is 0.625. The SMILES string of the molecule is CC(Br)C(=O)N1C(=O)NC[C@@]1(C)C(=O)O. The topological polar surface area (TPSA) is 86.7 Å². The monoisotopic (exact) mass is 278 g/mol. The molecule has 1 aliphatic rings. The predicted molar refractivity (Wildman–Crippen MR) is 54.7 cm³/mol. The van der Waals surface area contributed by atoms with Crippen LogP contribution in [0, 0.1) is 0 Å². The van der Waals surface area contributed by atoms with Crippen molar-refractivity contribution in [3.8, 4) is 0 Å². The number of alkyl halides is 1. The molecule has 1 unspecified atom stereocenters. The molecule has 1 rings (SSSR count). The second-order valence-electron chi connectivity index (χ2n) is 3.53. The minimum absolute atomic E-state index is 0.0768. The molecule has 1 saturated heterocycles. The van der Waals surface area contributed by atoms with Crippen LogP contribution in [0.4, 0.5) is 4.79 Å². The molecule has 1 heterocycles. The maximum Gasteiger partial charge on any atom is 0.331 e. The van der Waals surface area contributed by atoms with Crippen LogP contribution in [-0.2, 0) is 9.59 Å².